The Kier molecular flexibility index (Phi) is 6.93. The zero-order valence-electron chi connectivity index (χ0n) is 16.9. The molecule has 2 unspecified atom stereocenters. The van der Waals surface area contributed by atoms with Crippen molar-refractivity contribution in [2.24, 2.45) is 16.6 Å². The summed E-state index contributed by atoms with van der Waals surface area (Å²) in [5.74, 6) is -5.29. The highest BCUT2D eigenvalue weighted by molar-refractivity contribution is 6.14. The molecule has 2 aromatic rings. The first-order chi connectivity index (χ1) is 15.2. The van der Waals surface area contributed by atoms with Crippen molar-refractivity contribution in [2.45, 2.75) is 37.3 Å². The first-order valence-corrected chi connectivity index (χ1v) is 9.77. The molecule has 0 bridgehead atoms. The van der Waals surface area contributed by atoms with E-state index in [1.165, 1.54) is 6.21 Å². The number of anilines is 4. The topological polar surface area (TPSA) is 154 Å². The van der Waals surface area contributed by atoms with Gasteiger partial charge in [0.15, 0.2) is 11.6 Å². The number of nitrogens with one attached hydrogen (secondary N) is 4. The van der Waals surface area contributed by atoms with Crippen LogP contribution in [0.5, 0.6) is 0 Å². The highest BCUT2D eigenvalue weighted by Gasteiger charge is 2.45. The van der Waals surface area contributed by atoms with Crippen LogP contribution in [0.3, 0.4) is 0 Å². The zero-order chi connectivity index (χ0) is 23.3. The summed E-state index contributed by atoms with van der Waals surface area (Å²) in [5, 5.41) is 16.3. The number of hydrogen-bond donors (Lipinski definition) is 6. The van der Waals surface area contributed by atoms with Crippen LogP contribution in [-0.2, 0) is 0 Å². The van der Waals surface area contributed by atoms with Gasteiger partial charge in [-0.05, 0) is 37.1 Å². The molecule has 32 heavy (non-hydrogen) atoms. The Balaban J connectivity index is 1.88. The average Bonchev–Trinajstić information content (AvgIpc) is 2.74. The Bertz CT molecular complexity index is 1030. The fraction of sp³-hybridized carbons (Fsp3) is 0.300. The van der Waals surface area contributed by atoms with E-state index in [2.05, 4.69) is 26.1 Å². The van der Waals surface area contributed by atoms with Crippen LogP contribution >= 0.6 is 0 Å². The number of benzene rings is 1. The van der Waals surface area contributed by atoms with E-state index in [4.69, 9.17) is 16.9 Å². The first-order valence-electron chi connectivity index (χ1n) is 9.77. The quantitative estimate of drug-likeness (QED) is 0.269. The van der Waals surface area contributed by atoms with E-state index in [1.807, 2.05) is 0 Å². The number of carbonyl (C=O) groups is 1. The minimum atomic E-state index is -3.08. The van der Waals surface area contributed by atoms with E-state index in [-0.39, 0.29) is 30.0 Å². The van der Waals surface area contributed by atoms with Gasteiger partial charge in [-0.15, -0.1) is 0 Å². The van der Waals surface area contributed by atoms with Crippen LogP contribution in [0, 0.1) is 11.2 Å². The smallest absolute Gasteiger partial charge is 0.264 e. The highest BCUT2D eigenvalue weighted by atomic mass is 19.3. The lowest BCUT2D eigenvalue weighted by molar-refractivity contribution is -0.0555. The van der Waals surface area contributed by atoms with Gasteiger partial charge in [0.05, 0.1) is 23.5 Å². The molecule has 0 radical (unpaired) electrons. The number of pyridine rings is 1. The fourth-order valence-electron chi connectivity index (χ4n) is 3.36. The molecule has 1 aromatic carbocycles. The summed E-state index contributed by atoms with van der Waals surface area (Å²) >= 11 is 0. The molecule has 1 saturated carbocycles. The number of primary amides is 1. The van der Waals surface area contributed by atoms with Gasteiger partial charge in [0.25, 0.3) is 11.8 Å². The van der Waals surface area contributed by atoms with Gasteiger partial charge in [0, 0.05) is 24.4 Å². The number of nitrogens with two attached hydrogens (primary N) is 2. The van der Waals surface area contributed by atoms with Crippen LogP contribution < -0.4 is 27.5 Å². The van der Waals surface area contributed by atoms with Crippen molar-refractivity contribution in [3.05, 3.63) is 41.7 Å². The molecule has 1 amide bonds. The Hall–Kier alpha value is -3.67. The monoisotopic (exact) mass is 448 g/mol. The molecular weight excluding hydrogens is 425 g/mol. The molecule has 9 nitrogen and oxygen atoms in total. The van der Waals surface area contributed by atoms with E-state index in [1.54, 1.807) is 24.3 Å². The molecule has 0 aliphatic heterocycles. The molecule has 1 heterocycles. The standard InChI is InChI=1S/C20H23F3N8O/c21-14-10-13(17(26)32)18(28-11-3-1-4-12(9-11)31-27-8-7-24)30-19(14)29-15-5-2-6-20(22,23)16(15)25/h1,3-4,7-10,15-16,24,31H,2,5-6,25H2,(H2,26,32)(H2,28,29,30)/b24-7?,27-8-. The van der Waals surface area contributed by atoms with Crippen molar-refractivity contribution in [1.82, 2.24) is 4.98 Å². The average molecular weight is 448 g/mol. The minimum Gasteiger partial charge on any atom is -0.365 e. The fourth-order valence-corrected chi connectivity index (χ4v) is 3.36. The van der Waals surface area contributed by atoms with Gasteiger partial charge in [0.2, 0.25) is 0 Å². The van der Waals surface area contributed by atoms with Crippen LogP contribution in [-0.4, -0.2) is 41.3 Å². The summed E-state index contributed by atoms with van der Waals surface area (Å²) in [4.78, 5) is 15.9. The Morgan fingerprint density at radius 2 is 2.03 bits per heavy atom. The van der Waals surface area contributed by atoms with Gasteiger partial charge in [-0.2, -0.15) is 5.10 Å². The van der Waals surface area contributed by atoms with Crippen molar-refractivity contribution in [2.75, 3.05) is 16.1 Å². The summed E-state index contributed by atoms with van der Waals surface area (Å²) in [7, 11) is 0. The molecule has 1 aliphatic rings. The van der Waals surface area contributed by atoms with Crippen molar-refractivity contribution < 1.29 is 18.0 Å². The third-order valence-corrected chi connectivity index (χ3v) is 4.98. The Morgan fingerprint density at radius 3 is 2.75 bits per heavy atom. The molecule has 12 heteroatoms. The van der Waals surface area contributed by atoms with E-state index < -0.39 is 29.7 Å². The summed E-state index contributed by atoms with van der Waals surface area (Å²) in [6.45, 7) is 0. The molecule has 3 rings (SSSR count). The maximum atomic E-state index is 14.6. The van der Waals surface area contributed by atoms with Gasteiger partial charge in [-0.25, -0.2) is 18.2 Å². The Morgan fingerprint density at radius 1 is 1.28 bits per heavy atom. The molecule has 2 atom stereocenters. The molecular formula is C20H23F3N8O. The maximum Gasteiger partial charge on any atom is 0.264 e. The lowest BCUT2D eigenvalue weighted by atomic mass is 9.87. The molecule has 1 aromatic heterocycles. The van der Waals surface area contributed by atoms with Gasteiger partial charge in [-0.1, -0.05) is 6.07 Å². The van der Waals surface area contributed by atoms with Crippen molar-refractivity contribution >= 4 is 41.3 Å². The summed E-state index contributed by atoms with van der Waals surface area (Å²) in [6.07, 6.45) is 2.46. The number of carbonyl (C=O) groups excluding carboxylic acids is 1. The third kappa shape index (κ3) is 5.32. The van der Waals surface area contributed by atoms with E-state index >= 15 is 0 Å². The van der Waals surface area contributed by atoms with Crippen LogP contribution in [0.2, 0.25) is 0 Å². The molecule has 1 aliphatic carbocycles. The van der Waals surface area contributed by atoms with Crippen molar-refractivity contribution in [3.8, 4) is 0 Å². The van der Waals surface area contributed by atoms with E-state index in [0.717, 1.165) is 12.3 Å². The maximum absolute atomic E-state index is 14.6. The summed E-state index contributed by atoms with van der Waals surface area (Å²) in [5.41, 5.74) is 14.6. The number of halogens is 3. The second kappa shape index (κ2) is 9.64. The number of nitrogens with zero attached hydrogens (tertiary/aromatic N) is 2. The van der Waals surface area contributed by atoms with Crippen LogP contribution in [0.1, 0.15) is 29.6 Å². The van der Waals surface area contributed by atoms with Gasteiger partial charge in [0.1, 0.15) is 5.82 Å². The van der Waals surface area contributed by atoms with Crippen molar-refractivity contribution in [1.29, 1.82) is 5.41 Å². The number of hydrazone groups is 1. The lowest BCUT2D eigenvalue weighted by Gasteiger charge is -2.36. The van der Waals surface area contributed by atoms with E-state index in [0.29, 0.717) is 17.8 Å². The molecule has 0 saturated heterocycles. The summed E-state index contributed by atoms with van der Waals surface area (Å²) < 4.78 is 42.5. The second-order valence-electron chi connectivity index (χ2n) is 7.27. The lowest BCUT2D eigenvalue weighted by Crippen LogP contribution is -2.55. The molecule has 0 spiro atoms. The van der Waals surface area contributed by atoms with Gasteiger partial charge >= 0.3 is 0 Å². The van der Waals surface area contributed by atoms with Gasteiger partial charge in [-0.3, -0.25) is 10.2 Å². The predicted molar refractivity (Wildman–Crippen MR) is 118 cm³/mol. The number of amides is 1. The van der Waals surface area contributed by atoms with Crippen LogP contribution in [0.25, 0.3) is 0 Å². The largest absolute Gasteiger partial charge is 0.365 e. The number of rotatable bonds is 8. The number of aromatic nitrogens is 1. The molecule has 170 valence electrons. The number of hydrogen-bond acceptors (Lipinski definition) is 8. The van der Waals surface area contributed by atoms with Crippen molar-refractivity contribution in [3.63, 3.8) is 0 Å². The van der Waals surface area contributed by atoms with Gasteiger partial charge < -0.3 is 27.5 Å². The number of alkyl halides is 2. The van der Waals surface area contributed by atoms with Crippen LogP contribution in [0.4, 0.5) is 36.2 Å². The Labute approximate surface area is 182 Å². The second-order valence-corrected chi connectivity index (χ2v) is 7.27. The minimum absolute atomic E-state index is 0.0577. The zero-order valence-corrected chi connectivity index (χ0v) is 16.9. The predicted octanol–water partition coefficient (Wildman–Crippen LogP) is 3.04. The van der Waals surface area contributed by atoms with Crippen LogP contribution in [0.15, 0.2) is 35.4 Å². The third-order valence-electron chi connectivity index (χ3n) is 4.98. The molecule has 8 N–H and O–H groups in total. The highest BCUT2D eigenvalue weighted by Crippen LogP contribution is 2.34. The first kappa shape index (κ1) is 23.0. The normalized spacial score (nSPS) is 20.0. The van der Waals surface area contributed by atoms with E-state index in [9.17, 15) is 18.0 Å². The SMILES string of the molecule is N=C/C=N\Nc1cccc(Nc2nc(NC3CCCC(F)(F)C3N)c(F)cc2C(N)=O)c1. The molecule has 1 fully saturated rings. The summed E-state index contributed by atoms with van der Waals surface area (Å²) in [6, 6.07) is 5.16.